The van der Waals surface area contributed by atoms with E-state index in [1.807, 2.05) is 54.6 Å². The van der Waals surface area contributed by atoms with Gasteiger partial charge in [0, 0.05) is 19.4 Å². The summed E-state index contributed by atoms with van der Waals surface area (Å²) < 4.78 is 18.0. The first kappa shape index (κ1) is 30.0. The van der Waals surface area contributed by atoms with Gasteiger partial charge in [0.05, 0.1) is 17.7 Å². The summed E-state index contributed by atoms with van der Waals surface area (Å²) in [5.74, 6) is -0.919. The number of carbonyl (C=O) groups is 3. The third-order valence-electron chi connectivity index (χ3n) is 5.89. The number of aromatic carboxylic acids is 1. The van der Waals surface area contributed by atoms with Gasteiger partial charge in [-0.15, -0.1) is 0 Å². The smallest absolute Gasteiger partial charge is 0.335 e. The van der Waals surface area contributed by atoms with Crippen molar-refractivity contribution >= 4 is 17.8 Å². The minimum atomic E-state index is -1.16. The molecule has 212 valence electrons. The molecule has 0 spiro atoms. The topological polar surface area (TPSA) is 131 Å². The summed E-state index contributed by atoms with van der Waals surface area (Å²) in [6.45, 7) is 2.52. The lowest BCUT2D eigenvalue weighted by Crippen LogP contribution is -2.26. The first-order valence-electron chi connectivity index (χ1n) is 13.3. The van der Waals surface area contributed by atoms with E-state index in [1.165, 1.54) is 18.2 Å². The molecule has 0 aliphatic carbocycles. The number of para-hydroxylation sites is 1. The van der Waals surface area contributed by atoms with Gasteiger partial charge in [-0.1, -0.05) is 37.3 Å². The van der Waals surface area contributed by atoms with Crippen molar-refractivity contribution in [1.29, 1.82) is 0 Å². The summed E-state index contributed by atoms with van der Waals surface area (Å²) in [6, 6.07) is 21.4. The maximum atomic E-state index is 12.7. The van der Waals surface area contributed by atoms with Crippen molar-refractivity contribution in [3.05, 3.63) is 89.5 Å². The van der Waals surface area contributed by atoms with Crippen LogP contribution in [0.15, 0.2) is 72.8 Å². The maximum Gasteiger partial charge on any atom is 0.335 e. The molecule has 0 fully saturated rings. The van der Waals surface area contributed by atoms with Crippen molar-refractivity contribution in [2.24, 2.45) is 0 Å². The monoisotopic (exact) mass is 549 g/mol. The molecule has 3 aromatic rings. The Kier molecular flexibility index (Phi) is 11.8. The molecule has 40 heavy (non-hydrogen) atoms. The predicted molar refractivity (Wildman–Crippen MR) is 149 cm³/mol. The number of amides is 1. The minimum Gasteiger partial charge on any atom is -0.493 e. The molecule has 0 bridgehead atoms. The van der Waals surface area contributed by atoms with Crippen LogP contribution in [0.4, 0.5) is 0 Å². The number of carboxylic acids is 2. The second-order valence-electron chi connectivity index (χ2n) is 9.14. The van der Waals surface area contributed by atoms with Gasteiger partial charge in [-0.25, -0.2) is 4.79 Å². The van der Waals surface area contributed by atoms with Gasteiger partial charge in [-0.3, -0.25) is 9.59 Å². The van der Waals surface area contributed by atoms with Crippen LogP contribution in [-0.2, 0) is 11.2 Å². The molecule has 3 aromatic carbocycles. The van der Waals surface area contributed by atoms with Crippen molar-refractivity contribution < 1.29 is 38.8 Å². The Morgan fingerprint density at radius 2 is 1.62 bits per heavy atom. The van der Waals surface area contributed by atoms with Crippen LogP contribution in [0, 0.1) is 0 Å². The Labute approximate surface area is 233 Å². The largest absolute Gasteiger partial charge is 0.493 e. The minimum absolute atomic E-state index is 0.0440. The normalized spacial score (nSPS) is 11.3. The van der Waals surface area contributed by atoms with Crippen LogP contribution in [-0.4, -0.2) is 47.5 Å². The van der Waals surface area contributed by atoms with Crippen LogP contribution in [0.1, 0.15) is 65.3 Å². The van der Waals surface area contributed by atoms with Crippen LogP contribution in [0.5, 0.6) is 17.2 Å². The summed E-state index contributed by atoms with van der Waals surface area (Å²) >= 11 is 0. The van der Waals surface area contributed by atoms with Gasteiger partial charge in [0.25, 0.3) is 5.91 Å². The molecule has 1 atom stereocenters. The van der Waals surface area contributed by atoms with Gasteiger partial charge in [0.2, 0.25) is 6.29 Å². The molecule has 9 heteroatoms. The van der Waals surface area contributed by atoms with Gasteiger partial charge >= 0.3 is 11.9 Å². The summed E-state index contributed by atoms with van der Waals surface area (Å²) in [5, 5.41) is 20.7. The fraction of sp³-hybridized carbons (Fsp3) is 0.323. The molecule has 0 heterocycles. The zero-order valence-electron chi connectivity index (χ0n) is 22.5. The van der Waals surface area contributed by atoms with Gasteiger partial charge in [0.1, 0.15) is 17.2 Å². The summed E-state index contributed by atoms with van der Waals surface area (Å²) in [6.07, 6.45) is 2.75. The third kappa shape index (κ3) is 9.98. The summed E-state index contributed by atoms with van der Waals surface area (Å²) in [5.41, 5.74) is 1.09. The Morgan fingerprint density at radius 3 is 2.35 bits per heavy atom. The van der Waals surface area contributed by atoms with E-state index >= 15 is 0 Å². The lowest BCUT2D eigenvalue weighted by molar-refractivity contribution is -0.137. The summed E-state index contributed by atoms with van der Waals surface area (Å²) in [4.78, 5) is 34.8. The van der Waals surface area contributed by atoms with Crippen molar-refractivity contribution in [2.45, 2.75) is 51.7 Å². The first-order valence-corrected chi connectivity index (χ1v) is 13.3. The van der Waals surface area contributed by atoms with Crippen molar-refractivity contribution in [1.82, 2.24) is 5.32 Å². The zero-order chi connectivity index (χ0) is 28.7. The maximum absolute atomic E-state index is 12.7. The predicted octanol–water partition coefficient (Wildman–Crippen LogP) is 5.58. The van der Waals surface area contributed by atoms with Crippen LogP contribution < -0.4 is 19.5 Å². The number of nitrogens with one attached hydrogen (secondary N) is 1. The highest BCUT2D eigenvalue weighted by molar-refractivity contribution is 5.99. The number of ether oxygens (including phenoxy) is 3. The van der Waals surface area contributed by atoms with E-state index in [0.717, 1.165) is 24.2 Å². The molecule has 3 N–H and O–H groups in total. The van der Waals surface area contributed by atoms with Crippen LogP contribution in [0.25, 0.3) is 0 Å². The van der Waals surface area contributed by atoms with E-state index in [0.29, 0.717) is 25.2 Å². The number of benzene rings is 3. The highest BCUT2D eigenvalue weighted by Gasteiger charge is 2.16. The Hall–Kier alpha value is -4.53. The van der Waals surface area contributed by atoms with E-state index in [1.54, 1.807) is 0 Å². The van der Waals surface area contributed by atoms with E-state index in [-0.39, 0.29) is 36.3 Å². The number of aryl methyl sites for hydroxylation is 1. The first-order chi connectivity index (χ1) is 19.4. The number of rotatable bonds is 17. The Bertz CT molecular complexity index is 1260. The van der Waals surface area contributed by atoms with Gasteiger partial charge in [-0.05, 0) is 73.7 Å². The number of hydrogen-bond donors (Lipinski definition) is 3. The average Bonchev–Trinajstić information content (AvgIpc) is 2.94. The average molecular weight is 550 g/mol. The van der Waals surface area contributed by atoms with Crippen LogP contribution >= 0.6 is 0 Å². The van der Waals surface area contributed by atoms with Gasteiger partial charge < -0.3 is 29.7 Å². The SMILES string of the molecule is CCCC(Oc1ccccc1)Oc1cccc(CCCOc2ccc(C(=O)O)cc2C(=O)NCCCC(=O)O)c1. The molecular weight excluding hydrogens is 514 g/mol. The standard InChI is InChI=1S/C31H35NO8/c1-2-9-29(39-24-12-4-3-5-13-24)40-25-14-6-10-22(20-25)11-8-19-38-27-17-16-23(31(36)37)21-26(27)30(35)32-18-7-15-28(33)34/h3-6,10,12-14,16-17,20-21,29H,2,7-9,11,15,18-19H2,1H3,(H,32,35)(H,33,34)(H,36,37). The van der Waals surface area contributed by atoms with Crippen molar-refractivity contribution in [2.75, 3.05) is 13.2 Å². The molecule has 3 rings (SSSR count). The molecule has 9 nitrogen and oxygen atoms in total. The Balaban J connectivity index is 1.56. The van der Waals surface area contributed by atoms with Crippen LogP contribution in [0.2, 0.25) is 0 Å². The molecule has 0 saturated carbocycles. The second-order valence-corrected chi connectivity index (χ2v) is 9.14. The molecule has 0 aliphatic rings. The highest BCUT2D eigenvalue weighted by atomic mass is 16.7. The quantitative estimate of drug-likeness (QED) is 0.147. The van der Waals surface area contributed by atoms with Crippen molar-refractivity contribution in [3.63, 3.8) is 0 Å². The third-order valence-corrected chi connectivity index (χ3v) is 5.89. The highest BCUT2D eigenvalue weighted by Crippen LogP contribution is 2.23. The lowest BCUT2D eigenvalue weighted by Gasteiger charge is -2.20. The molecule has 1 unspecified atom stereocenters. The van der Waals surface area contributed by atoms with Crippen LogP contribution in [0.3, 0.4) is 0 Å². The fourth-order valence-electron chi connectivity index (χ4n) is 3.92. The Morgan fingerprint density at radius 1 is 0.875 bits per heavy atom. The van der Waals surface area contributed by atoms with Gasteiger partial charge in [-0.2, -0.15) is 0 Å². The molecule has 0 radical (unpaired) electrons. The van der Waals surface area contributed by atoms with E-state index in [9.17, 15) is 19.5 Å². The van der Waals surface area contributed by atoms with Crippen molar-refractivity contribution in [3.8, 4) is 17.2 Å². The zero-order valence-corrected chi connectivity index (χ0v) is 22.5. The lowest BCUT2D eigenvalue weighted by atomic mass is 10.1. The molecule has 0 aliphatic heterocycles. The number of carbonyl (C=O) groups excluding carboxylic acids is 1. The number of aliphatic carboxylic acids is 1. The van der Waals surface area contributed by atoms with E-state index in [4.69, 9.17) is 19.3 Å². The molecule has 0 aromatic heterocycles. The summed E-state index contributed by atoms with van der Waals surface area (Å²) in [7, 11) is 0. The number of carboxylic acid groups (broad SMARTS) is 2. The van der Waals surface area contributed by atoms with E-state index in [2.05, 4.69) is 12.2 Å². The second kappa shape index (κ2) is 15.8. The fourth-order valence-corrected chi connectivity index (χ4v) is 3.92. The molecule has 0 saturated heterocycles. The van der Waals surface area contributed by atoms with Gasteiger partial charge in [0.15, 0.2) is 0 Å². The molecular formula is C31H35NO8. The van der Waals surface area contributed by atoms with E-state index < -0.39 is 24.1 Å². The number of hydrogen-bond acceptors (Lipinski definition) is 6. The molecule has 1 amide bonds.